The number of aliphatic imine (C=N–C) groups is 1. The summed E-state index contributed by atoms with van der Waals surface area (Å²) in [5.41, 5.74) is 7.97. The quantitative estimate of drug-likeness (QED) is 0.849. The van der Waals surface area contributed by atoms with Gasteiger partial charge in [0.2, 0.25) is 0 Å². The highest BCUT2D eigenvalue weighted by Gasteiger charge is 2.51. The molecule has 0 saturated carbocycles. The Morgan fingerprint density at radius 1 is 1.29 bits per heavy atom. The van der Waals surface area contributed by atoms with Gasteiger partial charge in [-0.05, 0) is 35.6 Å². The maximum Gasteiger partial charge on any atom is 0.283 e. The van der Waals surface area contributed by atoms with Gasteiger partial charge in [-0.1, -0.05) is 18.2 Å². The zero-order chi connectivity index (χ0) is 16.8. The van der Waals surface area contributed by atoms with E-state index in [9.17, 15) is 0 Å². The van der Waals surface area contributed by atoms with Crippen molar-refractivity contribution in [3.8, 4) is 11.1 Å². The fourth-order valence-electron chi connectivity index (χ4n) is 3.35. The van der Waals surface area contributed by atoms with Crippen molar-refractivity contribution >= 4 is 23.0 Å². The van der Waals surface area contributed by atoms with E-state index in [4.69, 9.17) is 21.8 Å². The molecule has 24 heavy (non-hydrogen) atoms. The van der Waals surface area contributed by atoms with Crippen LogP contribution in [0.25, 0.3) is 16.0 Å². The van der Waals surface area contributed by atoms with Crippen molar-refractivity contribution < 1.29 is 9.47 Å². The van der Waals surface area contributed by atoms with Crippen LogP contribution in [0.5, 0.6) is 0 Å². The lowest BCUT2D eigenvalue weighted by Gasteiger charge is -2.47. The molecule has 0 amide bonds. The Morgan fingerprint density at radius 2 is 2.12 bits per heavy atom. The van der Waals surface area contributed by atoms with Crippen LogP contribution < -0.4 is 5.73 Å². The third-order valence-electron chi connectivity index (χ3n) is 4.51. The van der Waals surface area contributed by atoms with Crippen molar-refractivity contribution in [2.75, 3.05) is 13.2 Å². The molecule has 0 aliphatic carbocycles. The molecular formula is C18H17N3O2S. The van der Waals surface area contributed by atoms with Crippen LogP contribution in [-0.2, 0) is 15.0 Å². The number of thiophene rings is 1. The van der Waals surface area contributed by atoms with Gasteiger partial charge < -0.3 is 15.2 Å². The van der Waals surface area contributed by atoms with E-state index >= 15 is 0 Å². The molecular weight excluding hydrogens is 322 g/mol. The largest absolute Gasteiger partial charge is 0.454 e. The van der Waals surface area contributed by atoms with Gasteiger partial charge in [0.25, 0.3) is 6.02 Å². The standard InChI is InChI=1S/C18H17N3O2S/c1-17(9-18(10-22-11-18)23-16(19)21-17)15-7-13(8-24-15)12-4-3-5-14(6-12)20-2/h3-8H,9-11H2,1H3,(H2,19,21). The lowest BCUT2D eigenvalue weighted by molar-refractivity contribution is -0.186. The summed E-state index contributed by atoms with van der Waals surface area (Å²) >= 11 is 1.66. The van der Waals surface area contributed by atoms with Gasteiger partial charge in [-0.3, -0.25) is 0 Å². The topological polar surface area (TPSA) is 61.2 Å². The minimum absolute atomic E-state index is 0.233. The van der Waals surface area contributed by atoms with Crippen molar-refractivity contribution in [1.29, 1.82) is 0 Å². The molecule has 2 N–H and O–H groups in total. The van der Waals surface area contributed by atoms with E-state index in [-0.39, 0.29) is 11.6 Å². The molecule has 122 valence electrons. The SMILES string of the molecule is [C-]#[N+]c1cccc(-c2csc(C3(C)CC4(COC4)OC(N)=N3)c2)c1. The van der Waals surface area contributed by atoms with Gasteiger partial charge in [0.15, 0.2) is 11.3 Å². The first kappa shape index (κ1) is 15.2. The fourth-order valence-corrected chi connectivity index (χ4v) is 4.37. The minimum Gasteiger partial charge on any atom is -0.454 e. The van der Waals surface area contributed by atoms with Gasteiger partial charge in [0, 0.05) is 11.3 Å². The van der Waals surface area contributed by atoms with E-state index in [0.29, 0.717) is 18.9 Å². The summed E-state index contributed by atoms with van der Waals surface area (Å²) in [7, 11) is 0. The Labute approximate surface area is 144 Å². The molecule has 1 unspecified atom stereocenters. The Morgan fingerprint density at radius 3 is 2.83 bits per heavy atom. The number of ether oxygens (including phenoxy) is 2. The van der Waals surface area contributed by atoms with Crippen LogP contribution in [0.3, 0.4) is 0 Å². The molecule has 2 aliphatic rings. The van der Waals surface area contributed by atoms with Crippen molar-refractivity contribution in [2.45, 2.75) is 24.5 Å². The van der Waals surface area contributed by atoms with E-state index in [0.717, 1.165) is 22.4 Å². The first-order valence-electron chi connectivity index (χ1n) is 7.71. The molecule has 0 bridgehead atoms. The zero-order valence-electron chi connectivity index (χ0n) is 13.3. The maximum absolute atomic E-state index is 7.16. The molecule has 0 radical (unpaired) electrons. The molecule has 1 fully saturated rings. The van der Waals surface area contributed by atoms with Crippen LogP contribution in [0.4, 0.5) is 5.69 Å². The molecule has 5 nitrogen and oxygen atoms in total. The third kappa shape index (κ3) is 2.46. The molecule has 1 aromatic carbocycles. The van der Waals surface area contributed by atoms with Gasteiger partial charge in [-0.15, -0.1) is 11.3 Å². The maximum atomic E-state index is 7.16. The number of amidine groups is 1. The van der Waals surface area contributed by atoms with Gasteiger partial charge in [0.05, 0.1) is 19.8 Å². The highest BCUT2D eigenvalue weighted by molar-refractivity contribution is 7.10. The van der Waals surface area contributed by atoms with Crippen molar-refractivity contribution in [3.05, 3.63) is 52.0 Å². The van der Waals surface area contributed by atoms with E-state index < -0.39 is 5.54 Å². The second-order valence-corrected chi connectivity index (χ2v) is 7.45. The molecule has 6 heteroatoms. The lowest BCUT2D eigenvalue weighted by atomic mass is 9.82. The second kappa shape index (κ2) is 5.33. The normalized spacial score (nSPS) is 24.6. The molecule has 1 spiro atoms. The van der Waals surface area contributed by atoms with Crippen molar-refractivity contribution in [3.63, 3.8) is 0 Å². The predicted molar refractivity (Wildman–Crippen MR) is 94.2 cm³/mol. The molecule has 2 aliphatic heterocycles. The van der Waals surface area contributed by atoms with Crippen molar-refractivity contribution in [2.24, 2.45) is 10.7 Å². The molecule has 4 rings (SSSR count). The summed E-state index contributed by atoms with van der Waals surface area (Å²) in [4.78, 5) is 9.22. The summed E-state index contributed by atoms with van der Waals surface area (Å²) in [6.45, 7) is 10.4. The number of benzene rings is 1. The zero-order valence-corrected chi connectivity index (χ0v) is 14.1. The average Bonchev–Trinajstić information content (AvgIpc) is 3.03. The number of rotatable bonds is 2. The monoisotopic (exact) mass is 339 g/mol. The van der Waals surface area contributed by atoms with Gasteiger partial charge in [-0.25, -0.2) is 9.84 Å². The predicted octanol–water partition coefficient (Wildman–Crippen LogP) is 3.69. The summed E-state index contributed by atoms with van der Waals surface area (Å²) < 4.78 is 11.1. The number of nitrogens with zero attached hydrogens (tertiary/aromatic N) is 2. The minimum atomic E-state index is -0.410. The summed E-state index contributed by atoms with van der Waals surface area (Å²) in [5.74, 6) is 0. The number of nitrogens with two attached hydrogens (primary N) is 1. The Kier molecular flexibility index (Phi) is 3.37. The molecule has 2 aromatic rings. The molecule has 3 heterocycles. The summed E-state index contributed by atoms with van der Waals surface area (Å²) in [6, 6.07) is 10.0. The molecule has 1 saturated heterocycles. The second-order valence-electron chi connectivity index (χ2n) is 6.54. The molecule has 1 aromatic heterocycles. The smallest absolute Gasteiger partial charge is 0.283 e. The average molecular weight is 339 g/mol. The van der Waals surface area contributed by atoms with Gasteiger partial charge in [0.1, 0.15) is 5.54 Å². The van der Waals surface area contributed by atoms with Gasteiger partial charge >= 0.3 is 0 Å². The van der Waals surface area contributed by atoms with Crippen LogP contribution in [0.15, 0.2) is 40.7 Å². The van der Waals surface area contributed by atoms with Gasteiger partial charge in [-0.2, -0.15) is 0 Å². The van der Waals surface area contributed by atoms with E-state index in [1.165, 1.54) is 0 Å². The Hall–Kier alpha value is -2.36. The fraction of sp³-hybridized carbons (Fsp3) is 0.333. The van der Waals surface area contributed by atoms with Crippen molar-refractivity contribution in [1.82, 2.24) is 0 Å². The van der Waals surface area contributed by atoms with E-state index in [1.54, 1.807) is 11.3 Å². The highest BCUT2D eigenvalue weighted by Crippen LogP contribution is 2.45. The molecule has 1 atom stereocenters. The van der Waals surface area contributed by atoms with E-state index in [2.05, 4.69) is 28.2 Å². The number of hydrogen-bond acceptors (Lipinski definition) is 5. The van der Waals surface area contributed by atoms with Crippen LogP contribution in [0.1, 0.15) is 18.2 Å². The number of hydrogen-bond donors (Lipinski definition) is 1. The first-order valence-corrected chi connectivity index (χ1v) is 8.59. The van der Waals surface area contributed by atoms with Crippen LogP contribution in [0.2, 0.25) is 0 Å². The van der Waals surface area contributed by atoms with Crippen LogP contribution in [0, 0.1) is 6.57 Å². The van der Waals surface area contributed by atoms with Crippen LogP contribution >= 0.6 is 11.3 Å². The Balaban J connectivity index is 1.69. The lowest BCUT2D eigenvalue weighted by Crippen LogP contribution is -2.59. The van der Waals surface area contributed by atoms with E-state index in [1.807, 2.05) is 24.3 Å². The Bertz CT molecular complexity index is 863. The highest BCUT2D eigenvalue weighted by atomic mass is 32.1. The first-order chi connectivity index (χ1) is 11.5. The van der Waals surface area contributed by atoms with Crippen LogP contribution in [-0.4, -0.2) is 24.8 Å². The third-order valence-corrected chi connectivity index (χ3v) is 5.70. The summed E-state index contributed by atoms with van der Waals surface area (Å²) in [6.07, 6.45) is 0.753. The summed E-state index contributed by atoms with van der Waals surface area (Å²) in [5, 5.41) is 2.11.